The number of hydrogen-bond donors (Lipinski definition) is 1. The summed E-state index contributed by atoms with van der Waals surface area (Å²) >= 11 is 0. The van der Waals surface area contributed by atoms with E-state index in [1.165, 1.54) is 6.07 Å². The molecule has 1 aliphatic heterocycles. The summed E-state index contributed by atoms with van der Waals surface area (Å²) in [5, 5.41) is 11.1. The smallest absolute Gasteiger partial charge is 0.300 e. The van der Waals surface area contributed by atoms with Crippen molar-refractivity contribution in [3.8, 4) is 0 Å². The van der Waals surface area contributed by atoms with Crippen LogP contribution < -0.4 is 5.73 Å². The molecule has 0 bridgehead atoms. The molecule has 1 saturated heterocycles. The van der Waals surface area contributed by atoms with Gasteiger partial charge < -0.3 is 10.6 Å². The minimum atomic E-state index is -0.585. The van der Waals surface area contributed by atoms with Crippen molar-refractivity contribution >= 4 is 17.4 Å². The Kier molecular flexibility index (Phi) is 4.72. The zero-order valence-corrected chi connectivity index (χ0v) is 12.1. The van der Waals surface area contributed by atoms with E-state index in [1.807, 2.05) is 6.92 Å². The van der Waals surface area contributed by atoms with Crippen molar-refractivity contribution in [2.45, 2.75) is 45.1 Å². The summed E-state index contributed by atoms with van der Waals surface area (Å²) in [6.07, 6.45) is 5.94. The van der Waals surface area contributed by atoms with E-state index in [-0.39, 0.29) is 29.0 Å². The van der Waals surface area contributed by atoms with Crippen molar-refractivity contribution in [2.75, 3.05) is 12.3 Å². The van der Waals surface area contributed by atoms with Gasteiger partial charge in [-0.2, -0.15) is 0 Å². The maximum absolute atomic E-state index is 12.7. The number of anilines is 1. The van der Waals surface area contributed by atoms with E-state index in [0.29, 0.717) is 6.54 Å². The van der Waals surface area contributed by atoms with Crippen molar-refractivity contribution < 1.29 is 9.72 Å². The molecular weight excluding hydrogens is 272 g/mol. The van der Waals surface area contributed by atoms with Gasteiger partial charge in [0, 0.05) is 12.6 Å². The zero-order valence-electron chi connectivity index (χ0n) is 12.1. The lowest BCUT2D eigenvalue weighted by atomic mass is 10.1. The van der Waals surface area contributed by atoms with Crippen LogP contribution in [0.15, 0.2) is 12.3 Å². The largest absolute Gasteiger partial charge is 0.384 e. The number of nitrogen functional groups attached to an aromatic ring is 1. The van der Waals surface area contributed by atoms with Crippen LogP contribution in [0.3, 0.4) is 0 Å². The molecule has 2 N–H and O–H groups in total. The molecule has 1 aromatic rings. The van der Waals surface area contributed by atoms with Gasteiger partial charge in [0.2, 0.25) is 0 Å². The predicted molar refractivity (Wildman–Crippen MR) is 78.9 cm³/mol. The average molecular weight is 292 g/mol. The van der Waals surface area contributed by atoms with Gasteiger partial charge in [0.05, 0.1) is 4.92 Å². The number of nitrogens with two attached hydrogens (primary N) is 1. The van der Waals surface area contributed by atoms with E-state index in [9.17, 15) is 14.9 Å². The number of nitro groups is 1. The van der Waals surface area contributed by atoms with Gasteiger partial charge in [0.1, 0.15) is 17.6 Å². The van der Waals surface area contributed by atoms with Crippen LogP contribution in [-0.4, -0.2) is 33.3 Å². The van der Waals surface area contributed by atoms with Crippen molar-refractivity contribution in [1.82, 2.24) is 9.88 Å². The van der Waals surface area contributed by atoms with Gasteiger partial charge in [-0.05, 0) is 25.3 Å². The molecule has 1 aromatic heterocycles. The lowest BCUT2D eigenvalue weighted by molar-refractivity contribution is -0.385. The monoisotopic (exact) mass is 292 g/mol. The Hall–Kier alpha value is -2.18. The van der Waals surface area contributed by atoms with E-state index in [4.69, 9.17) is 5.73 Å². The molecule has 1 atom stereocenters. The van der Waals surface area contributed by atoms with Gasteiger partial charge in [-0.1, -0.05) is 19.8 Å². The van der Waals surface area contributed by atoms with E-state index >= 15 is 0 Å². The van der Waals surface area contributed by atoms with E-state index in [0.717, 1.165) is 38.3 Å². The molecule has 21 heavy (non-hydrogen) atoms. The maximum Gasteiger partial charge on any atom is 0.300 e. The Balaban J connectivity index is 2.37. The molecule has 1 unspecified atom stereocenters. The Morgan fingerprint density at radius 2 is 2.29 bits per heavy atom. The number of nitrogens with zero attached hydrogens (tertiary/aromatic N) is 3. The maximum atomic E-state index is 12.7. The summed E-state index contributed by atoms with van der Waals surface area (Å²) < 4.78 is 0. The fourth-order valence-corrected chi connectivity index (χ4v) is 2.80. The molecule has 0 saturated carbocycles. The first-order valence-electron chi connectivity index (χ1n) is 7.25. The third kappa shape index (κ3) is 3.29. The van der Waals surface area contributed by atoms with Crippen LogP contribution >= 0.6 is 0 Å². The average Bonchev–Trinajstić information content (AvgIpc) is 2.71. The standard InChI is InChI=1S/C14H20N4O3/c1-2-10-6-4-3-5-7-17(10)14(19)11-8-13(15)16-9-12(11)18(20)21/h8-10H,2-7H2,1H3,(H2,15,16). The summed E-state index contributed by atoms with van der Waals surface area (Å²) in [4.78, 5) is 28.7. The molecular formula is C14H20N4O3. The minimum Gasteiger partial charge on any atom is -0.384 e. The molecule has 2 rings (SSSR count). The quantitative estimate of drug-likeness (QED) is 0.680. The number of pyridine rings is 1. The Morgan fingerprint density at radius 3 is 2.95 bits per heavy atom. The SMILES string of the molecule is CCC1CCCCCN1C(=O)c1cc(N)ncc1[N+](=O)[O-]. The first-order valence-corrected chi connectivity index (χ1v) is 7.25. The van der Waals surface area contributed by atoms with Gasteiger partial charge in [-0.3, -0.25) is 14.9 Å². The van der Waals surface area contributed by atoms with E-state index in [1.54, 1.807) is 4.90 Å². The topological polar surface area (TPSA) is 102 Å². The molecule has 2 heterocycles. The van der Waals surface area contributed by atoms with Crippen LogP contribution in [0.25, 0.3) is 0 Å². The predicted octanol–water partition coefficient (Wildman–Crippen LogP) is 2.37. The highest BCUT2D eigenvalue weighted by atomic mass is 16.6. The number of rotatable bonds is 3. The highest BCUT2D eigenvalue weighted by Crippen LogP contribution is 2.26. The molecule has 0 radical (unpaired) electrons. The molecule has 0 aliphatic carbocycles. The molecule has 7 nitrogen and oxygen atoms in total. The van der Waals surface area contributed by atoms with Crippen LogP contribution in [0, 0.1) is 10.1 Å². The molecule has 7 heteroatoms. The number of hydrogen-bond acceptors (Lipinski definition) is 5. The Morgan fingerprint density at radius 1 is 1.52 bits per heavy atom. The molecule has 1 aliphatic rings. The van der Waals surface area contributed by atoms with Gasteiger partial charge in [0.15, 0.2) is 0 Å². The minimum absolute atomic E-state index is 0.0350. The number of aromatic nitrogens is 1. The lowest BCUT2D eigenvalue weighted by Gasteiger charge is -2.29. The van der Waals surface area contributed by atoms with Crippen LogP contribution in [0.1, 0.15) is 49.4 Å². The van der Waals surface area contributed by atoms with Crippen molar-refractivity contribution in [3.05, 3.63) is 27.9 Å². The second kappa shape index (κ2) is 6.51. The van der Waals surface area contributed by atoms with Gasteiger partial charge in [-0.25, -0.2) is 4.98 Å². The molecule has 0 aromatic carbocycles. The number of likely N-dealkylation sites (tertiary alicyclic amines) is 1. The second-order valence-corrected chi connectivity index (χ2v) is 5.29. The van der Waals surface area contributed by atoms with Crippen LogP contribution in [0.2, 0.25) is 0 Å². The summed E-state index contributed by atoms with van der Waals surface area (Å²) in [7, 11) is 0. The normalized spacial score (nSPS) is 19.1. The van der Waals surface area contributed by atoms with Crippen LogP contribution in [0.4, 0.5) is 11.5 Å². The lowest BCUT2D eigenvalue weighted by Crippen LogP contribution is -2.40. The van der Waals surface area contributed by atoms with Crippen molar-refractivity contribution in [3.63, 3.8) is 0 Å². The summed E-state index contributed by atoms with van der Waals surface area (Å²) in [5.74, 6) is -0.198. The van der Waals surface area contributed by atoms with Gasteiger partial charge in [-0.15, -0.1) is 0 Å². The first kappa shape index (κ1) is 15.2. The molecule has 1 amide bonds. The number of amides is 1. The summed E-state index contributed by atoms with van der Waals surface area (Å²) in [6.45, 7) is 2.67. The molecule has 0 spiro atoms. The third-order valence-corrected chi connectivity index (χ3v) is 3.94. The highest BCUT2D eigenvalue weighted by molar-refractivity contribution is 5.98. The Labute approximate surface area is 123 Å². The molecule has 114 valence electrons. The third-order valence-electron chi connectivity index (χ3n) is 3.94. The number of carbonyl (C=O) groups excluding carboxylic acids is 1. The summed E-state index contributed by atoms with van der Waals surface area (Å²) in [6, 6.07) is 1.44. The van der Waals surface area contributed by atoms with Crippen molar-refractivity contribution in [2.24, 2.45) is 0 Å². The second-order valence-electron chi connectivity index (χ2n) is 5.29. The van der Waals surface area contributed by atoms with Crippen molar-refractivity contribution in [1.29, 1.82) is 0 Å². The van der Waals surface area contributed by atoms with E-state index in [2.05, 4.69) is 4.98 Å². The van der Waals surface area contributed by atoms with Crippen LogP contribution in [-0.2, 0) is 0 Å². The first-order chi connectivity index (χ1) is 10.0. The highest BCUT2D eigenvalue weighted by Gasteiger charge is 2.30. The van der Waals surface area contributed by atoms with E-state index < -0.39 is 4.92 Å². The zero-order chi connectivity index (χ0) is 15.4. The fraction of sp³-hybridized carbons (Fsp3) is 0.571. The van der Waals surface area contributed by atoms with Crippen LogP contribution in [0.5, 0.6) is 0 Å². The fourth-order valence-electron chi connectivity index (χ4n) is 2.80. The summed E-state index contributed by atoms with van der Waals surface area (Å²) in [5.41, 5.74) is 5.34. The van der Waals surface area contributed by atoms with Gasteiger partial charge >= 0.3 is 0 Å². The van der Waals surface area contributed by atoms with Gasteiger partial charge in [0.25, 0.3) is 11.6 Å². The Bertz CT molecular complexity index is 547. The number of carbonyl (C=O) groups is 1. The molecule has 1 fully saturated rings.